The second kappa shape index (κ2) is 39.2. The molecular weight excluding hydrogens is 1690 g/mol. The van der Waals surface area contributed by atoms with Gasteiger partial charge in [0, 0.05) is 259 Å². The molecule has 0 saturated carbocycles. The van der Waals surface area contributed by atoms with E-state index in [1.165, 1.54) is 47.8 Å². The number of carbonyl (C=O) groups is 4. The number of carbonyl (C=O) groups excluding carboxylic acids is 3. The number of methoxy groups -OCH3 is 1. The predicted octanol–water partition coefficient (Wildman–Crippen LogP) is 14.2. The standard InChI is InChI=1S/C28H29N5O4S.C27H27N5O4S.C12H9BrN2.C10H8BrNO.C9H6BrNO/c1-21(28(34)37-3)30-38(35,36)33-17-15-32(16-18-33)25-11-8-22(9-12-25)6-7-23-10-13-27-26(19-23)24(5-4-14-29)20-31(27)2;1-20(27(33)34)29-37(35,36)32-16-14-31(15-17-32)24-10-7-21(8-11-24)5-6-22-9-12-26-25(18-22)23(4-3-13-28)19-30(26)2;1-15-8-9(3-2-6-14)11-7-10(13)4-5-12(11)15;1-12-5-7(6-13)9-4-8(11)2-3-10(9)12;10-7-1-2-9-8(3-7)6(5-12)4-11-9/h4-5,8-13,19-21,30H,15-18H2,1-3H3;3-4,7-12,18-20,29H,14-17H2,1-2H3,(H,33,34);2-5,7-8H,1H3;2-6H,1H3;1-5,11H/b5-4+;4-3+;3-2+;;/t21-;20-;;;/m01.../s1. The van der Waals surface area contributed by atoms with E-state index in [4.69, 9.17) is 20.9 Å². The van der Waals surface area contributed by atoms with Gasteiger partial charge in [0.05, 0.1) is 25.3 Å². The van der Waals surface area contributed by atoms with Crippen molar-refractivity contribution in [1.82, 2.24) is 41.3 Å². The van der Waals surface area contributed by atoms with E-state index in [9.17, 15) is 36.0 Å². The third-order valence-electron chi connectivity index (χ3n) is 18.8. The van der Waals surface area contributed by atoms with Crippen LogP contribution in [0.4, 0.5) is 11.4 Å². The summed E-state index contributed by atoms with van der Waals surface area (Å²) in [5, 5.41) is 40.4. The number of hydrogen-bond acceptors (Lipinski definition) is 14. The molecule has 14 rings (SSSR count). The van der Waals surface area contributed by atoms with E-state index in [1.807, 2.05) is 218 Å². The van der Waals surface area contributed by atoms with Crippen molar-refractivity contribution in [1.29, 1.82) is 15.8 Å². The fourth-order valence-corrected chi connectivity index (χ4v) is 16.7. The van der Waals surface area contributed by atoms with Crippen LogP contribution in [-0.4, -0.2) is 150 Å². The number of carboxylic acid groups (broad SMARTS) is 1. The number of H-pyrrole nitrogens is 1. The number of piperazine rings is 2. The average molecular weight is 1770 g/mol. The van der Waals surface area contributed by atoms with Gasteiger partial charge in [-0.1, -0.05) is 71.5 Å². The summed E-state index contributed by atoms with van der Waals surface area (Å²) >= 11 is 10.2. The molecule has 2 fully saturated rings. The maximum absolute atomic E-state index is 12.6. The largest absolute Gasteiger partial charge is 0.480 e. The molecular formula is C86H79Br3N14O10S2. The summed E-state index contributed by atoms with van der Waals surface area (Å²) in [4.78, 5) is 51.0. The number of nitrogens with zero attached hydrogens (tertiary/aromatic N) is 11. The van der Waals surface area contributed by atoms with Gasteiger partial charge in [-0.15, -0.1) is 0 Å². The van der Waals surface area contributed by atoms with Crippen molar-refractivity contribution in [2.24, 2.45) is 28.2 Å². The Hall–Kier alpha value is -11.9. The lowest BCUT2D eigenvalue weighted by Gasteiger charge is -2.35. The molecule has 0 amide bonds. The number of aromatic amines is 1. The Kier molecular flexibility index (Phi) is 29.2. The molecule has 24 nitrogen and oxygen atoms in total. The summed E-state index contributed by atoms with van der Waals surface area (Å²) in [6, 6.07) is 49.5. The molecule has 7 heterocycles. The summed E-state index contributed by atoms with van der Waals surface area (Å²) < 4.78 is 72.8. The first-order chi connectivity index (χ1) is 55.1. The number of aromatic nitrogens is 5. The molecule has 5 aromatic heterocycles. The highest BCUT2D eigenvalue weighted by Crippen LogP contribution is 2.30. The monoisotopic (exact) mass is 1770 g/mol. The lowest BCUT2D eigenvalue weighted by atomic mass is 10.1. The Labute approximate surface area is 692 Å². The number of aryl methyl sites for hydroxylation is 4. The Morgan fingerprint density at radius 3 is 1.17 bits per heavy atom. The molecule has 0 unspecified atom stereocenters. The zero-order valence-corrected chi connectivity index (χ0v) is 70.0. The molecule has 586 valence electrons. The van der Waals surface area contributed by atoms with Crippen molar-refractivity contribution in [3.8, 4) is 41.9 Å². The fourth-order valence-electron chi connectivity index (χ4n) is 12.9. The van der Waals surface area contributed by atoms with Crippen molar-refractivity contribution < 1.29 is 45.9 Å². The molecule has 29 heteroatoms. The van der Waals surface area contributed by atoms with Crippen LogP contribution in [0.5, 0.6) is 0 Å². The van der Waals surface area contributed by atoms with Crippen LogP contribution in [0.25, 0.3) is 72.7 Å². The van der Waals surface area contributed by atoms with Gasteiger partial charge in [-0.25, -0.2) is 0 Å². The van der Waals surface area contributed by atoms with Crippen molar-refractivity contribution in [2.75, 3.05) is 69.3 Å². The Balaban J connectivity index is 0.000000166. The van der Waals surface area contributed by atoms with Crippen LogP contribution in [0, 0.1) is 57.7 Å². The van der Waals surface area contributed by atoms with Gasteiger partial charge >= 0.3 is 11.9 Å². The maximum Gasteiger partial charge on any atom is 0.323 e. The predicted molar refractivity (Wildman–Crippen MR) is 463 cm³/mol. The number of benzene rings is 7. The van der Waals surface area contributed by atoms with Crippen molar-refractivity contribution in [3.63, 3.8) is 0 Å². The average Bonchev–Trinajstić information content (AvgIpc) is 1.68. The van der Waals surface area contributed by atoms with E-state index in [2.05, 4.69) is 117 Å². The third-order valence-corrected chi connectivity index (χ3v) is 23.7. The second-order valence-corrected chi connectivity index (χ2v) is 32.7. The van der Waals surface area contributed by atoms with Crippen molar-refractivity contribution in [3.05, 3.63) is 252 Å². The van der Waals surface area contributed by atoms with E-state index in [-0.39, 0.29) is 13.1 Å². The lowest BCUT2D eigenvalue weighted by molar-refractivity contribution is -0.142. The molecule has 2 atom stereocenters. The molecule has 7 aromatic carbocycles. The first-order valence-corrected chi connectivity index (χ1v) is 41.0. The van der Waals surface area contributed by atoms with Gasteiger partial charge in [-0.05, 0) is 172 Å². The molecule has 2 aliphatic heterocycles. The normalized spacial score (nSPS) is 13.7. The minimum absolute atomic E-state index is 0.261. The second-order valence-electron chi connectivity index (χ2n) is 26.5. The number of aldehydes is 2. The van der Waals surface area contributed by atoms with Crippen molar-refractivity contribution >= 4 is 177 Å². The highest BCUT2D eigenvalue weighted by Gasteiger charge is 2.32. The van der Waals surface area contributed by atoms with Gasteiger partial charge < -0.3 is 42.9 Å². The molecule has 4 N–H and O–H groups in total. The van der Waals surface area contributed by atoms with Crippen LogP contribution in [0.15, 0.2) is 202 Å². The van der Waals surface area contributed by atoms with Gasteiger partial charge in [-0.3, -0.25) is 19.2 Å². The lowest BCUT2D eigenvalue weighted by Crippen LogP contribution is -2.54. The van der Waals surface area contributed by atoms with Crippen LogP contribution in [-0.2, 0) is 62.9 Å². The smallest absolute Gasteiger partial charge is 0.323 e. The van der Waals surface area contributed by atoms with Gasteiger partial charge in [-0.2, -0.15) is 50.7 Å². The molecule has 0 spiro atoms. The van der Waals surface area contributed by atoms with Crippen LogP contribution < -0.4 is 19.2 Å². The van der Waals surface area contributed by atoms with Gasteiger partial charge in [0.25, 0.3) is 20.4 Å². The van der Waals surface area contributed by atoms with Crippen LogP contribution in [0.3, 0.4) is 0 Å². The molecule has 0 radical (unpaired) electrons. The summed E-state index contributed by atoms with van der Waals surface area (Å²) in [7, 11) is 1.45. The maximum atomic E-state index is 12.6. The number of aliphatic carboxylic acids is 1. The number of nitriles is 3. The van der Waals surface area contributed by atoms with Crippen LogP contribution in [0.1, 0.15) is 73.5 Å². The third kappa shape index (κ3) is 21.9. The van der Waals surface area contributed by atoms with Gasteiger partial charge in [0.2, 0.25) is 0 Å². The minimum atomic E-state index is -3.86. The van der Waals surface area contributed by atoms with Gasteiger partial charge in [0.15, 0.2) is 12.6 Å². The topological polar surface area (TPSA) is 310 Å². The fraction of sp³-hybridized carbons (Fsp3) is 0.198. The number of anilines is 2. The molecule has 2 aliphatic rings. The number of allylic oxidation sites excluding steroid dienone is 3. The van der Waals surface area contributed by atoms with E-state index < -0.39 is 44.4 Å². The Morgan fingerprint density at radius 2 is 0.791 bits per heavy atom. The van der Waals surface area contributed by atoms with E-state index >= 15 is 0 Å². The first-order valence-electron chi connectivity index (χ1n) is 35.8. The SMILES string of the molecule is COC(=O)[C@H](C)NS(=O)(=O)N1CCN(c2ccc(C#Cc3ccc4c(c3)c(/C=C/C#N)cn4C)cc2)CC1.C[C@@H](NS(=O)(=O)N1CCN(c2ccc(C#Cc3ccc4c(c3)c(/C=C/C#N)cn4C)cc2)CC1)C(=O)O.Cn1cc(/C=C/C#N)c2cc(Br)ccc21.Cn1cc(C=O)c2cc(Br)ccc21.O=Cc1c[nH]c2ccc(Br)cc12. The van der Waals surface area contributed by atoms with E-state index in [0.717, 1.165) is 136 Å². The summed E-state index contributed by atoms with van der Waals surface area (Å²) in [6.45, 7) is 5.92. The Morgan fingerprint density at radius 1 is 0.461 bits per heavy atom. The highest BCUT2D eigenvalue weighted by atomic mass is 79.9. The summed E-state index contributed by atoms with van der Waals surface area (Å²) in [5.41, 5.74) is 15.2. The molecule has 2 saturated heterocycles. The summed E-state index contributed by atoms with van der Waals surface area (Å²) in [5.74, 6) is 11.0. The number of rotatable bonds is 15. The van der Waals surface area contributed by atoms with E-state index in [1.54, 1.807) is 18.3 Å². The molecule has 12 aromatic rings. The number of fused-ring (bicyclic) bond motifs is 5. The number of halogens is 3. The molecule has 0 aliphatic carbocycles. The zero-order valence-electron chi connectivity index (χ0n) is 63.6. The number of nitrogens with one attached hydrogen (secondary N) is 3. The van der Waals surface area contributed by atoms with Gasteiger partial charge in [0.1, 0.15) is 12.1 Å². The molecule has 115 heavy (non-hydrogen) atoms. The Bertz CT molecular complexity index is 6240. The van der Waals surface area contributed by atoms with Crippen LogP contribution in [0.2, 0.25) is 0 Å². The quantitative estimate of drug-likeness (QED) is 0.0321. The number of ether oxygens (including phenoxy) is 1. The highest BCUT2D eigenvalue weighted by molar-refractivity contribution is 9.11. The number of esters is 1. The number of hydrogen-bond donors (Lipinski definition) is 4. The molecule has 0 bridgehead atoms. The minimum Gasteiger partial charge on any atom is -0.480 e. The van der Waals surface area contributed by atoms with Crippen molar-refractivity contribution in [2.45, 2.75) is 25.9 Å². The zero-order chi connectivity index (χ0) is 82.7. The first kappa shape index (κ1) is 85.5. The van der Waals surface area contributed by atoms with E-state index in [0.29, 0.717) is 44.8 Å². The summed E-state index contributed by atoms with van der Waals surface area (Å²) in [6.07, 6.45) is 21.1. The van der Waals surface area contributed by atoms with Crippen LogP contribution >= 0.6 is 47.8 Å². The number of carboxylic acids is 1.